The summed E-state index contributed by atoms with van der Waals surface area (Å²) in [5, 5.41) is 2.60. The highest BCUT2D eigenvalue weighted by atomic mass is 19.3. The zero-order chi connectivity index (χ0) is 19.8. The lowest BCUT2D eigenvalue weighted by molar-refractivity contribution is -0.116. The Bertz CT molecular complexity index is 825. The summed E-state index contributed by atoms with van der Waals surface area (Å²) in [4.78, 5) is 11.9. The van der Waals surface area contributed by atoms with Crippen LogP contribution in [-0.2, 0) is 11.3 Å². The molecule has 1 amide bonds. The molecular formula is C19H18F3NO4. The highest BCUT2D eigenvalue weighted by Gasteiger charge is 2.11. The minimum atomic E-state index is -2.99. The first kappa shape index (κ1) is 20.2. The number of rotatable bonds is 8. The van der Waals surface area contributed by atoms with Gasteiger partial charge in [-0.3, -0.25) is 4.79 Å². The molecule has 0 saturated heterocycles. The minimum absolute atomic E-state index is 0.0870. The summed E-state index contributed by atoms with van der Waals surface area (Å²) in [5.74, 6) is -0.823. The summed E-state index contributed by atoms with van der Waals surface area (Å²) in [5.41, 5.74) is 1.03. The third-order valence-corrected chi connectivity index (χ3v) is 3.51. The lowest BCUT2D eigenvalue weighted by atomic mass is 10.2. The number of alkyl halides is 2. The Morgan fingerprint density at radius 1 is 1.07 bits per heavy atom. The van der Waals surface area contributed by atoms with Crippen LogP contribution in [0.25, 0.3) is 6.08 Å². The first-order valence-corrected chi connectivity index (χ1v) is 7.84. The van der Waals surface area contributed by atoms with Crippen LogP contribution in [-0.4, -0.2) is 26.7 Å². The van der Waals surface area contributed by atoms with Crippen LogP contribution in [0.4, 0.5) is 13.2 Å². The van der Waals surface area contributed by atoms with Gasteiger partial charge in [0.15, 0.2) is 23.1 Å². The van der Waals surface area contributed by atoms with E-state index in [0.29, 0.717) is 11.1 Å². The van der Waals surface area contributed by atoms with E-state index in [4.69, 9.17) is 9.47 Å². The largest absolute Gasteiger partial charge is 0.494 e. The quantitative estimate of drug-likeness (QED) is 0.708. The van der Waals surface area contributed by atoms with Crippen LogP contribution in [0.5, 0.6) is 17.2 Å². The van der Waals surface area contributed by atoms with Crippen LogP contribution in [0, 0.1) is 5.82 Å². The Morgan fingerprint density at radius 2 is 1.78 bits per heavy atom. The van der Waals surface area contributed by atoms with Crippen LogP contribution >= 0.6 is 0 Å². The molecule has 0 bridgehead atoms. The average Bonchev–Trinajstić information content (AvgIpc) is 2.64. The molecule has 0 saturated carbocycles. The van der Waals surface area contributed by atoms with Crippen molar-refractivity contribution in [2.24, 2.45) is 0 Å². The molecule has 2 rings (SSSR count). The van der Waals surface area contributed by atoms with E-state index in [2.05, 4.69) is 10.1 Å². The predicted molar refractivity (Wildman–Crippen MR) is 93.5 cm³/mol. The van der Waals surface area contributed by atoms with E-state index in [9.17, 15) is 18.0 Å². The summed E-state index contributed by atoms with van der Waals surface area (Å²) < 4.78 is 52.6. The molecule has 0 aliphatic carbocycles. The lowest BCUT2D eigenvalue weighted by Crippen LogP contribution is -2.20. The third-order valence-electron chi connectivity index (χ3n) is 3.51. The number of halogens is 3. The second-order valence-electron chi connectivity index (χ2n) is 5.31. The van der Waals surface area contributed by atoms with Gasteiger partial charge in [0.2, 0.25) is 5.91 Å². The van der Waals surface area contributed by atoms with Gasteiger partial charge in [0.1, 0.15) is 0 Å². The fraction of sp³-hybridized carbons (Fsp3) is 0.211. The summed E-state index contributed by atoms with van der Waals surface area (Å²) in [6.07, 6.45) is 2.68. The van der Waals surface area contributed by atoms with Crippen LogP contribution in [0.15, 0.2) is 42.5 Å². The number of amides is 1. The van der Waals surface area contributed by atoms with Crippen molar-refractivity contribution in [1.29, 1.82) is 0 Å². The van der Waals surface area contributed by atoms with Gasteiger partial charge in [-0.05, 0) is 41.5 Å². The molecule has 8 heteroatoms. The molecule has 0 aliphatic heterocycles. The molecular weight excluding hydrogens is 363 g/mol. The molecule has 5 nitrogen and oxygen atoms in total. The number of carbonyl (C=O) groups is 1. The number of carbonyl (C=O) groups excluding carboxylic acids is 1. The topological polar surface area (TPSA) is 56.8 Å². The monoisotopic (exact) mass is 381 g/mol. The summed E-state index contributed by atoms with van der Waals surface area (Å²) in [6.45, 7) is -2.90. The Hall–Kier alpha value is -3.16. The van der Waals surface area contributed by atoms with Crippen LogP contribution in [0.3, 0.4) is 0 Å². The summed E-state index contributed by atoms with van der Waals surface area (Å²) >= 11 is 0. The van der Waals surface area contributed by atoms with Gasteiger partial charge in [-0.25, -0.2) is 4.39 Å². The zero-order valence-electron chi connectivity index (χ0n) is 14.7. The maximum Gasteiger partial charge on any atom is 0.387 e. The fourth-order valence-electron chi connectivity index (χ4n) is 2.23. The lowest BCUT2D eigenvalue weighted by Gasteiger charge is -2.11. The van der Waals surface area contributed by atoms with Gasteiger partial charge in [0, 0.05) is 12.6 Å². The van der Waals surface area contributed by atoms with E-state index in [1.165, 1.54) is 50.6 Å². The van der Waals surface area contributed by atoms with E-state index >= 15 is 0 Å². The molecule has 0 aromatic heterocycles. The van der Waals surface area contributed by atoms with Gasteiger partial charge in [-0.2, -0.15) is 8.78 Å². The van der Waals surface area contributed by atoms with Gasteiger partial charge in [-0.15, -0.1) is 0 Å². The SMILES string of the molecule is COc1ccc(/C=C/C(=O)NCc2ccc(OC)c(OC(F)F)c2)cc1F. The van der Waals surface area contributed by atoms with Crippen LogP contribution in [0.1, 0.15) is 11.1 Å². The summed E-state index contributed by atoms with van der Waals surface area (Å²) in [7, 11) is 2.69. The van der Waals surface area contributed by atoms with Crippen molar-refractivity contribution >= 4 is 12.0 Å². The molecule has 0 atom stereocenters. The Kier molecular flexibility index (Phi) is 7.10. The molecule has 0 radical (unpaired) electrons. The van der Waals surface area contributed by atoms with Crippen molar-refractivity contribution in [2.75, 3.05) is 14.2 Å². The molecule has 2 aromatic rings. The standard InChI is InChI=1S/C19H18F3NO4/c1-25-15-6-3-12(9-14(15)20)5-8-18(24)23-11-13-4-7-16(26-2)17(10-13)27-19(21)22/h3-10,19H,11H2,1-2H3,(H,23,24)/b8-5+. The van der Waals surface area contributed by atoms with E-state index < -0.39 is 18.3 Å². The van der Waals surface area contributed by atoms with Crippen molar-refractivity contribution in [2.45, 2.75) is 13.2 Å². The minimum Gasteiger partial charge on any atom is -0.494 e. The molecule has 0 spiro atoms. The molecule has 0 fully saturated rings. The van der Waals surface area contributed by atoms with E-state index in [1.807, 2.05) is 0 Å². The first-order valence-electron chi connectivity index (χ1n) is 7.84. The number of ether oxygens (including phenoxy) is 3. The van der Waals surface area contributed by atoms with Crippen molar-refractivity contribution in [3.8, 4) is 17.2 Å². The van der Waals surface area contributed by atoms with E-state index in [1.54, 1.807) is 12.1 Å². The van der Waals surface area contributed by atoms with E-state index in [-0.39, 0.29) is 23.8 Å². The Morgan fingerprint density at radius 3 is 2.41 bits per heavy atom. The first-order chi connectivity index (χ1) is 12.9. The van der Waals surface area contributed by atoms with E-state index in [0.717, 1.165) is 0 Å². The second-order valence-corrected chi connectivity index (χ2v) is 5.31. The van der Waals surface area contributed by atoms with Crippen molar-refractivity contribution in [1.82, 2.24) is 5.32 Å². The van der Waals surface area contributed by atoms with Crippen molar-refractivity contribution < 1.29 is 32.2 Å². The van der Waals surface area contributed by atoms with Crippen molar-refractivity contribution in [3.63, 3.8) is 0 Å². The molecule has 1 N–H and O–H groups in total. The molecule has 0 unspecified atom stereocenters. The number of benzene rings is 2. The molecule has 0 heterocycles. The maximum absolute atomic E-state index is 13.6. The molecule has 144 valence electrons. The molecule has 2 aromatic carbocycles. The predicted octanol–water partition coefficient (Wildman–Crippen LogP) is 3.77. The fourth-order valence-corrected chi connectivity index (χ4v) is 2.23. The Labute approximate surface area is 154 Å². The van der Waals surface area contributed by atoms with Crippen molar-refractivity contribution in [3.05, 3.63) is 59.4 Å². The highest BCUT2D eigenvalue weighted by Crippen LogP contribution is 2.29. The smallest absolute Gasteiger partial charge is 0.387 e. The number of methoxy groups -OCH3 is 2. The van der Waals surface area contributed by atoms with Gasteiger partial charge < -0.3 is 19.5 Å². The zero-order valence-corrected chi connectivity index (χ0v) is 14.7. The van der Waals surface area contributed by atoms with Gasteiger partial charge in [0.05, 0.1) is 14.2 Å². The molecule has 27 heavy (non-hydrogen) atoms. The van der Waals surface area contributed by atoms with Gasteiger partial charge in [-0.1, -0.05) is 12.1 Å². The summed E-state index contributed by atoms with van der Waals surface area (Å²) in [6, 6.07) is 8.72. The van der Waals surface area contributed by atoms with Crippen LogP contribution in [0.2, 0.25) is 0 Å². The molecule has 0 aliphatic rings. The number of hydrogen-bond acceptors (Lipinski definition) is 4. The maximum atomic E-state index is 13.6. The highest BCUT2D eigenvalue weighted by molar-refractivity contribution is 5.91. The number of nitrogens with one attached hydrogen (secondary N) is 1. The third kappa shape index (κ3) is 5.95. The van der Waals surface area contributed by atoms with Gasteiger partial charge in [0.25, 0.3) is 0 Å². The van der Waals surface area contributed by atoms with Crippen LogP contribution < -0.4 is 19.5 Å². The average molecular weight is 381 g/mol. The second kappa shape index (κ2) is 9.51. The number of hydrogen-bond donors (Lipinski definition) is 1. The Balaban J connectivity index is 1.97. The van der Waals surface area contributed by atoms with Gasteiger partial charge >= 0.3 is 6.61 Å². The normalized spacial score (nSPS) is 10.9.